The van der Waals surface area contributed by atoms with Crippen molar-refractivity contribution in [1.29, 1.82) is 0 Å². The van der Waals surface area contributed by atoms with E-state index in [1.807, 2.05) is 24.3 Å². The number of anilines is 1. The lowest BCUT2D eigenvalue weighted by molar-refractivity contribution is 0.100. The highest BCUT2D eigenvalue weighted by Gasteiger charge is 2.10. The number of carbonyl (C=O) groups excluding carboxylic acids is 1. The van der Waals surface area contributed by atoms with Crippen LogP contribution in [0.4, 0.5) is 5.82 Å². The number of nitrogens with two attached hydrogens (primary N) is 2. The molecule has 1 heterocycles. The van der Waals surface area contributed by atoms with Crippen molar-refractivity contribution in [2.75, 3.05) is 5.73 Å². The van der Waals surface area contributed by atoms with E-state index in [0.29, 0.717) is 6.54 Å². The van der Waals surface area contributed by atoms with Gasteiger partial charge in [0.25, 0.3) is 5.91 Å². The number of nitrogen functional groups attached to an aromatic ring is 1. The summed E-state index contributed by atoms with van der Waals surface area (Å²) in [4.78, 5) is 11.0. The molecule has 1 amide bonds. The van der Waals surface area contributed by atoms with Crippen LogP contribution in [-0.4, -0.2) is 15.7 Å². The number of rotatable bonds is 3. The Balaban J connectivity index is 2.22. The quantitative estimate of drug-likeness (QED) is 0.896. The fourth-order valence-corrected chi connectivity index (χ4v) is 1.75. The Morgan fingerprint density at radius 1 is 1.35 bits per heavy atom. The first kappa shape index (κ1) is 11.7. The van der Waals surface area contributed by atoms with Crippen LogP contribution < -0.4 is 11.5 Å². The van der Waals surface area contributed by atoms with Crippen LogP contribution in [0.2, 0.25) is 0 Å². The van der Waals surface area contributed by atoms with Gasteiger partial charge in [-0.1, -0.05) is 28.1 Å². The minimum Gasteiger partial charge on any atom is -0.382 e. The molecule has 1 aromatic heterocycles. The first-order valence-electron chi connectivity index (χ1n) is 4.93. The van der Waals surface area contributed by atoms with E-state index in [-0.39, 0.29) is 11.4 Å². The largest absolute Gasteiger partial charge is 0.382 e. The molecule has 5 nitrogen and oxygen atoms in total. The highest BCUT2D eigenvalue weighted by molar-refractivity contribution is 9.10. The Morgan fingerprint density at radius 2 is 2.00 bits per heavy atom. The molecule has 0 unspecified atom stereocenters. The minimum atomic E-state index is -0.565. The normalized spacial score (nSPS) is 10.4. The zero-order valence-corrected chi connectivity index (χ0v) is 10.5. The lowest BCUT2D eigenvalue weighted by Crippen LogP contribution is -2.11. The second kappa shape index (κ2) is 4.58. The van der Waals surface area contributed by atoms with E-state index in [4.69, 9.17) is 11.5 Å². The average Bonchev–Trinajstić information content (AvgIpc) is 2.63. The van der Waals surface area contributed by atoms with Gasteiger partial charge in [0.2, 0.25) is 0 Å². The topological polar surface area (TPSA) is 86.9 Å². The highest BCUT2D eigenvalue weighted by atomic mass is 79.9. The summed E-state index contributed by atoms with van der Waals surface area (Å²) in [7, 11) is 0. The van der Waals surface area contributed by atoms with E-state index in [2.05, 4.69) is 21.0 Å². The van der Waals surface area contributed by atoms with Gasteiger partial charge in [-0.15, -0.1) is 0 Å². The Hall–Kier alpha value is -1.82. The zero-order chi connectivity index (χ0) is 12.4. The fraction of sp³-hybridized carbons (Fsp3) is 0.0909. The molecule has 0 fully saturated rings. The smallest absolute Gasteiger partial charge is 0.254 e. The summed E-state index contributed by atoms with van der Waals surface area (Å²) in [5.74, 6) is -0.404. The Bertz CT molecular complexity index is 547. The number of hydrogen-bond donors (Lipinski definition) is 2. The molecular weight excluding hydrogens is 284 g/mol. The molecule has 0 aliphatic rings. The third kappa shape index (κ3) is 2.65. The van der Waals surface area contributed by atoms with Crippen molar-refractivity contribution in [3.05, 3.63) is 46.1 Å². The highest BCUT2D eigenvalue weighted by Crippen LogP contribution is 2.13. The Morgan fingerprint density at radius 3 is 2.53 bits per heavy atom. The molecule has 0 aliphatic heterocycles. The van der Waals surface area contributed by atoms with E-state index in [1.54, 1.807) is 10.9 Å². The van der Waals surface area contributed by atoms with Crippen LogP contribution >= 0.6 is 15.9 Å². The first-order valence-corrected chi connectivity index (χ1v) is 5.73. The van der Waals surface area contributed by atoms with Gasteiger partial charge in [-0.05, 0) is 17.7 Å². The monoisotopic (exact) mass is 294 g/mol. The van der Waals surface area contributed by atoms with Gasteiger partial charge in [-0.3, -0.25) is 9.48 Å². The number of halogens is 1. The summed E-state index contributed by atoms with van der Waals surface area (Å²) >= 11 is 3.36. The third-order valence-corrected chi connectivity index (χ3v) is 2.84. The molecule has 0 saturated carbocycles. The van der Waals surface area contributed by atoms with Crippen molar-refractivity contribution in [2.24, 2.45) is 5.73 Å². The molecule has 0 bridgehead atoms. The van der Waals surface area contributed by atoms with E-state index in [9.17, 15) is 4.79 Å². The number of nitrogens with zero attached hydrogens (tertiary/aromatic N) is 2. The molecule has 4 N–H and O–H groups in total. The van der Waals surface area contributed by atoms with Gasteiger partial charge in [0.15, 0.2) is 5.82 Å². The summed E-state index contributed by atoms with van der Waals surface area (Å²) < 4.78 is 2.61. The fourth-order valence-electron chi connectivity index (χ4n) is 1.48. The van der Waals surface area contributed by atoms with E-state index >= 15 is 0 Å². The Kier molecular flexibility index (Phi) is 3.14. The molecule has 17 heavy (non-hydrogen) atoms. The van der Waals surface area contributed by atoms with Crippen molar-refractivity contribution in [3.63, 3.8) is 0 Å². The SMILES string of the molecule is NC(=O)c1cn(Cc2ccc(Br)cc2)nc1N. The maximum atomic E-state index is 11.0. The van der Waals surface area contributed by atoms with Crippen molar-refractivity contribution < 1.29 is 4.79 Å². The summed E-state index contributed by atoms with van der Waals surface area (Å²) in [6.45, 7) is 0.546. The predicted molar refractivity (Wildman–Crippen MR) is 68.4 cm³/mol. The molecule has 0 spiro atoms. The van der Waals surface area contributed by atoms with Crippen LogP contribution in [0, 0.1) is 0 Å². The number of carbonyl (C=O) groups is 1. The number of amides is 1. The van der Waals surface area contributed by atoms with Crippen LogP contribution in [0.1, 0.15) is 15.9 Å². The van der Waals surface area contributed by atoms with Crippen LogP contribution in [-0.2, 0) is 6.54 Å². The summed E-state index contributed by atoms with van der Waals surface area (Å²) in [5.41, 5.74) is 12.1. The van der Waals surface area contributed by atoms with E-state index < -0.39 is 5.91 Å². The van der Waals surface area contributed by atoms with Crippen molar-refractivity contribution in [2.45, 2.75) is 6.54 Å². The number of hydrogen-bond acceptors (Lipinski definition) is 3. The van der Waals surface area contributed by atoms with Crippen LogP contribution in [0.5, 0.6) is 0 Å². The molecule has 2 aromatic rings. The van der Waals surface area contributed by atoms with Gasteiger partial charge >= 0.3 is 0 Å². The van der Waals surface area contributed by atoms with Gasteiger partial charge in [-0.25, -0.2) is 0 Å². The van der Waals surface area contributed by atoms with Crippen LogP contribution in [0.15, 0.2) is 34.9 Å². The number of primary amides is 1. The second-order valence-corrected chi connectivity index (χ2v) is 4.53. The van der Waals surface area contributed by atoms with Crippen molar-refractivity contribution in [3.8, 4) is 0 Å². The van der Waals surface area contributed by atoms with Gasteiger partial charge in [0, 0.05) is 10.7 Å². The molecule has 1 aromatic carbocycles. The van der Waals surface area contributed by atoms with Crippen LogP contribution in [0.25, 0.3) is 0 Å². The maximum absolute atomic E-state index is 11.0. The maximum Gasteiger partial charge on any atom is 0.254 e. The summed E-state index contributed by atoms with van der Waals surface area (Å²) in [6.07, 6.45) is 1.56. The van der Waals surface area contributed by atoms with E-state index in [0.717, 1.165) is 10.0 Å². The van der Waals surface area contributed by atoms with Gasteiger partial charge in [0.05, 0.1) is 6.54 Å². The zero-order valence-electron chi connectivity index (χ0n) is 8.93. The Labute approximate surface area is 107 Å². The molecule has 6 heteroatoms. The van der Waals surface area contributed by atoms with Crippen LogP contribution in [0.3, 0.4) is 0 Å². The molecular formula is C11H11BrN4O. The molecule has 2 rings (SSSR count). The minimum absolute atomic E-state index is 0.162. The van der Waals surface area contributed by atoms with Gasteiger partial charge in [-0.2, -0.15) is 5.10 Å². The standard InChI is InChI=1S/C11H11BrN4O/c12-8-3-1-7(2-4-8)5-16-6-9(11(14)17)10(13)15-16/h1-4,6H,5H2,(H2,13,15)(H2,14,17). The van der Waals surface area contributed by atoms with E-state index in [1.165, 1.54) is 0 Å². The third-order valence-electron chi connectivity index (χ3n) is 2.31. The summed E-state index contributed by atoms with van der Waals surface area (Å²) in [5, 5.41) is 4.03. The molecule has 0 atom stereocenters. The van der Waals surface area contributed by atoms with Gasteiger partial charge < -0.3 is 11.5 Å². The lowest BCUT2D eigenvalue weighted by atomic mass is 10.2. The first-order chi connectivity index (χ1) is 8.06. The average molecular weight is 295 g/mol. The molecule has 0 aliphatic carbocycles. The summed E-state index contributed by atoms with van der Waals surface area (Å²) in [6, 6.07) is 7.81. The molecule has 0 saturated heterocycles. The number of benzene rings is 1. The molecule has 0 radical (unpaired) electrons. The predicted octanol–water partition coefficient (Wildman–Crippen LogP) is 1.38. The number of aromatic nitrogens is 2. The lowest BCUT2D eigenvalue weighted by Gasteiger charge is -2.01. The van der Waals surface area contributed by atoms with Crippen molar-refractivity contribution >= 4 is 27.7 Å². The van der Waals surface area contributed by atoms with Crippen molar-refractivity contribution in [1.82, 2.24) is 9.78 Å². The second-order valence-electron chi connectivity index (χ2n) is 3.62. The molecule has 88 valence electrons. The van der Waals surface area contributed by atoms with Gasteiger partial charge in [0.1, 0.15) is 5.56 Å².